The van der Waals surface area contributed by atoms with E-state index < -0.39 is 0 Å². The fourth-order valence-corrected chi connectivity index (χ4v) is 2.33. The number of nitrogens with one attached hydrogen (secondary N) is 1. The van der Waals surface area contributed by atoms with Crippen molar-refractivity contribution in [2.75, 3.05) is 0 Å². The molecule has 0 spiro atoms. The van der Waals surface area contributed by atoms with Crippen molar-refractivity contribution in [1.29, 1.82) is 0 Å². The number of carbonyl (C=O) groups is 1. The molecule has 1 saturated carbocycles. The van der Waals surface area contributed by atoms with Crippen LogP contribution in [0.15, 0.2) is 24.5 Å². The SMILES string of the molecule is Cl.Cl.N[C@@H]1CCC[C@H]1CC(=O)NCc1ccncc1. The molecule has 1 aliphatic rings. The monoisotopic (exact) mass is 305 g/mol. The minimum Gasteiger partial charge on any atom is -0.352 e. The molecule has 1 fully saturated rings. The van der Waals surface area contributed by atoms with Gasteiger partial charge in [0.05, 0.1) is 0 Å². The summed E-state index contributed by atoms with van der Waals surface area (Å²) in [5.41, 5.74) is 7.02. The topological polar surface area (TPSA) is 68.0 Å². The van der Waals surface area contributed by atoms with Crippen LogP contribution in [-0.4, -0.2) is 16.9 Å². The maximum atomic E-state index is 11.7. The van der Waals surface area contributed by atoms with E-state index in [0.29, 0.717) is 18.9 Å². The molecule has 0 saturated heterocycles. The molecular formula is C13H21Cl2N3O. The number of rotatable bonds is 4. The van der Waals surface area contributed by atoms with Crippen LogP contribution in [0.25, 0.3) is 0 Å². The van der Waals surface area contributed by atoms with Gasteiger partial charge in [0.25, 0.3) is 0 Å². The molecule has 4 nitrogen and oxygen atoms in total. The zero-order valence-corrected chi connectivity index (χ0v) is 12.4. The number of pyridine rings is 1. The smallest absolute Gasteiger partial charge is 0.220 e. The molecule has 2 atom stereocenters. The van der Waals surface area contributed by atoms with E-state index in [2.05, 4.69) is 10.3 Å². The fourth-order valence-electron chi connectivity index (χ4n) is 2.33. The summed E-state index contributed by atoms with van der Waals surface area (Å²) in [5, 5.41) is 2.92. The molecule has 6 heteroatoms. The van der Waals surface area contributed by atoms with E-state index >= 15 is 0 Å². The van der Waals surface area contributed by atoms with Crippen LogP contribution in [0.5, 0.6) is 0 Å². The first kappa shape index (κ1) is 18.2. The lowest BCUT2D eigenvalue weighted by molar-refractivity contribution is -0.122. The van der Waals surface area contributed by atoms with Crippen LogP contribution in [0.1, 0.15) is 31.2 Å². The summed E-state index contributed by atoms with van der Waals surface area (Å²) in [7, 11) is 0. The third-order valence-electron chi connectivity index (χ3n) is 3.40. The van der Waals surface area contributed by atoms with Gasteiger partial charge in [-0.25, -0.2) is 0 Å². The van der Waals surface area contributed by atoms with Gasteiger partial charge in [-0.15, -0.1) is 24.8 Å². The number of nitrogens with zero attached hydrogens (tertiary/aromatic N) is 1. The summed E-state index contributed by atoms with van der Waals surface area (Å²) >= 11 is 0. The van der Waals surface area contributed by atoms with Crippen molar-refractivity contribution >= 4 is 30.7 Å². The normalized spacial score (nSPS) is 21.1. The van der Waals surface area contributed by atoms with E-state index in [9.17, 15) is 4.79 Å². The van der Waals surface area contributed by atoms with Crippen molar-refractivity contribution in [3.05, 3.63) is 30.1 Å². The Labute approximate surface area is 126 Å². The van der Waals surface area contributed by atoms with Gasteiger partial charge in [-0.1, -0.05) is 6.42 Å². The standard InChI is InChI=1S/C13H19N3O.2ClH/c14-12-3-1-2-11(12)8-13(17)16-9-10-4-6-15-7-5-10;;/h4-7,11-12H,1-3,8-9,14H2,(H,16,17);2*1H/t11-,12+;;/m0../s1. The highest BCUT2D eigenvalue weighted by Gasteiger charge is 2.25. The summed E-state index contributed by atoms with van der Waals surface area (Å²) in [6.45, 7) is 0.573. The van der Waals surface area contributed by atoms with Crippen molar-refractivity contribution in [3.8, 4) is 0 Å². The number of carbonyl (C=O) groups excluding carboxylic acids is 1. The molecule has 0 bridgehead atoms. The van der Waals surface area contributed by atoms with Crippen LogP contribution in [0.4, 0.5) is 0 Å². The Morgan fingerprint density at radius 1 is 1.32 bits per heavy atom. The maximum absolute atomic E-state index is 11.7. The zero-order chi connectivity index (χ0) is 12.1. The molecule has 108 valence electrons. The second-order valence-corrected chi connectivity index (χ2v) is 4.69. The van der Waals surface area contributed by atoms with Gasteiger partial charge in [-0.2, -0.15) is 0 Å². The Bertz CT molecular complexity index is 375. The van der Waals surface area contributed by atoms with Crippen LogP contribution < -0.4 is 11.1 Å². The molecule has 0 radical (unpaired) electrons. The van der Waals surface area contributed by atoms with Crippen molar-refractivity contribution in [3.63, 3.8) is 0 Å². The third kappa shape index (κ3) is 5.76. The van der Waals surface area contributed by atoms with E-state index in [1.807, 2.05) is 12.1 Å². The first-order valence-corrected chi connectivity index (χ1v) is 6.17. The molecule has 0 unspecified atom stereocenters. The number of hydrogen-bond donors (Lipinski definition) is 2. The second-order valence-electron chi connectivity index (χ2n) is 4.69. The molecule has 1 aliphatic carbocycles. The van der Waals surface area contributed by atoms with Crippen LogP contribution in [0, 0.1) is 5.92 Å². The number of amides is 1. The maximum Gasteiger partial charge on any atom is 0.220 e. The van der Waals surface area contributed by atoms with Crippen molar-refractivity contribution < 1.29 is 4.79 Å². The highest BCUT2D eigenvalue weighted by molar-refractivity contribution is 5.85. The molecule has 19 heavy (non-hydrogen) atoms. The van der Waals surface area contributed by atoms with E-state index in [-0.39, 0.29) is 36.8 Å². The Kier molecular flexibility index (Phi) is 8.72. The minimum atomic E-state index is 0. The van der Waals surface area contributed by atoms with Gasteiger partial charge in [-0.05, 0) is 36.5 Å². The molecule has 0 aliphatic heterocycles. The van der Waals surface area contributed by atoms with Gasteiger partial charge in [0, 0.05) is 31.4 Å². The lowest BCUT2D eigenvalue weighted by Crippen LogP contribution is -2.31. The fraction of sp³-hybridized carbons (Fsp3) is 0.538. The molecule has 1 heterocycles. The molecule has 3 N–H and O–H groups in total. The minimum absolute atomic E-state index is 0. The van der Waals surface area contributed by atoms with Gasteiger partial charge >= 0.3 is 0 Å². The number of aromatic nitrogens is 1. The van der Waals surface area contributed by atoms with Crippen LogP contribution in [0.3, 0.4) is 0 Å². The number of nitrogens with two attached hydrogens (primary N) is 1. The van der Waals surface area contributed by atoms with Crippen LogP contribution in [-0.2, 0) is 11.3 Å². The van der Waals surface area contributed by atoms with E-state index in [1.165, 1.54) is 0 Å². The summed E-state index contributed by atoms with van der Waals surface area (Å²) < 4.78 is 0. The first-order valence-electron chi connectivity index (χ1n) is 6.17. The van der Waals surface area contributed by atoms with Crippen LogP contribution in [0.2, 0.25) is 0 Å². The van der Waals surface area contributed by atoms with E-state index in [1.54, 1.807) is 12.4 Å². The summed E-state index contributed by atoms with van der Waals surface area (Å²) in [6.07, 6.45) is 7.32. The van der Waals surface area contributed by atoms with Crippen LogP contribution >= 0.6 is 24.8 Å². The predicted octanol–water partition coefficient (Wildman–Crippen LogP) is 2.06. The first-order chi connectivity index (χ1) is 8.25. The third-order valence-corrected chi connectivity index (χ3v) is 3.40. The molecule has 1 aromatic heterocycles. The Morgan fingerprint density at radius 3 is 2.58 bits per heavy atom. The zero-order valence-electron chi connectivity index (χ0n) is 10.7. The average molecular weight is 306 g/mol. The van der Waals surface area contributed by atoms with Gasteiger partial charge in [0.2, 0.25) is 5.91 Å². The summed E-state index contributed by atoms with van der Waals surface area (Å²) in [5.74, 6) is 0.469. The van der Waals surface area contributed by atoms with E-state index in [0.717, 1.165) is 24.8 Å². The van der Waals surface area contributed by atoms with Gasteiger partial charge in [0.15, 0.2) is 0 Å². The van der Waals surface area contributed by atoms with Gasteiger partial charge in [-0.3, -0.25) is 9.78 Å². The van der Waals surface area contributed by atoms with Gasteiger partial charge in [0.1, 0.15) is 0 Å². The Morgan fingerprint density at radius 2 is 2.00 bits per heavy atom. The van der Waals surface area contributed by atoms with Crippen molar-refractivity contribution in [1.82, 2.24) is 10.3 Å². The van der Waals surface area contributed by atoms with Crippen molar-refractivity contribution in [2.45, 2.75) is 38.3 Å². The Balaban J connectivity index is 0.00000162. The molecule has 0 aromatic carbocycles. The lowest BCUT2D eigenvalue weighted by atomic mass is 10.00. The number of hydrogen-bond acceptors (Lipinski definition) is 3. The highest BCUT2D eigenvalue weighted by atomic mass is 35.5. The summed E-state index contributed by atoms with van der Waals surface area (Å²) in [4.78, 5) is 15.7. The molecule has 1 aromatic rings. The summed E-state index contributed by atoms with van der Waals surface area (Å²) in [6, 6.07) is 4.02. The Hall–Kier alpha value is -0.840. The van der Waals surface area contributed by atoms with Crippen molar-refractivity contribution in [2.24, 2.45) is 11.7 Å². The van der Waals surface area contributed by atoms with Gasteiger partial charge < -0.3 is 11.1 Å². The average Bonchev–Trinajstić information content (AvgIpc) is 2.74. The molecule has 1 amide bonds. The lowest BCUT2D eigenvalue weighted by Gasteiger charge is -2.14. The largest absolute Gasteiger partial charge is 0.352 e. The second kappa shape index (κ2) is 9.13. The highest BCUT2D eigenvalue weighted by Crippen LogP contribution is 2.26. The quantitative estimate of drug-likeness (QED) is 0.894. The molecule has 2 rings (SSSR count). The molecular weight excluding hydrogens is 285 g/mol. The number of halogens is 2. The predicted molar refractivity (Wildman–Crippen MR) is 80.5 cm³/mol. The van der Waals surface area contributed by atoms with E-state index in [4.69, 9.17) is 5.73 Å².